The van der Waals surface area contributed by atoms with Crippen molar-refractivity contribution in [1.29, 1.82) is 0 Å². The van der Waals surface area contributed by atoms with E-state index in [0.717, 1.165) is 44.7 Å². The van der Waals surface area contributed by atoms with Gasteiger partial charge >= 0.3 is 0 Å². The van der Waals surface area contributed by atoms with Gasteiger partial charge in [-0.15, -0.1) is 0 Å². The van der Waals surface area contributed by atoms with Crippen molar-refractivity contribution < 1.29 is 4.79 Å². The first-order valence-electron chi connectivity index (χ1n) is 8.88. The number of hydrogen-bond acceptors (Lipinski definition) is 2. The lowest BCUT2D eigenvalue weighted by Gasteiger charge is -2.39. The predicted octanol–water partition coefficient (Wildman–Crippen LogP) is 3.57. The number of likely N-dealkylation sites (tertiary alicyclic amines) is 1. The van der Waals surface area contributed by atoms with Gasteiger partial charge in [0.1, 0.15) is 0 Å². The van der Waals surface area contributed by atoms with Crippen LogP contribution in [0.2, 0.25) is 0 Å². The van der Waals surface area contributed by atoms with E-state index in [1.165, 1.54) is 25.7 Å². The zero-order valence-corrected chi connectivity index (χ0v) is 14.3. The molecule has 122 valence electrons. The standard InChI is InChI=1S/C18H34N2O/c1-17(2,3)15-8-7-12-20(13-9-15)16(21)18(14-19)10-5-4-6-11-18/h15H,4-14,19H2,1-3H3. The van der Waals surface area contributed by atoms with Crippen molar-refractivity contribution in [3.8, 4) is 0 Å². The van der Waals surface area contributed by atoms with Crippen molar-refractivity contribution in [1.82, 2.24) is 4.90 Å². The van der Waals surface area contributed by atoms with Gasteiger partial charge in [-0.3, -0.25) is 4.79 Å². The molecular weight excluding hydrogens is 260 g/mol. The molecule has 1 saturated carbocycles. The predicted molar refractivity (Wildman–Crippen MR) is 87.9 cm³/mol. The average Bonchev–Trinajstić information content (AvgIpc) is 2.72. The Hall–Kier alpha value is -0.570. The van der Waals surface area contributed by atoms with Gasteiger partial charge in [-0.05, 0) is 43.4 Å². The molecule has 0 spiro atoms. The molecule has 0 aromatic rings. The highest BCUT2D eigenvalue weighted by Gasteiger charge is 2.41. The van der Waals surface area contributed by atoms with Gasteiger partial charge in [0, 0.05) is 19.6 Å². The highest BCUT2D eigenvalue weighted by molar-refractivity contribution is 5.83. The minimum Gasteiger partial charge on any atom is -0.342 e. The highest BCUT2D eigenvalue weighted by Crippen LogP contribution is 2.39. The van der Waals surface area contributed by atoms with Crippen LogP contribution in [0.4, 0.5) is 0 Å². The lowest BCUT2D eigenvalue weighted by molar-refractivity contribution is -0.143. The Bertz CT molecular complexity index is 353. The van der Waals surface area contributed by atoms with Crippen LogP contribution in [0.1, 0.15) is 72.1 Å². The first-order chi connectivity index (χ1) is 9.89. The van der Waals surface area contributed by atoms with Crippen LogP contribution >= 0.6 is 0 Å². The molecule has 0 aromatic carbocycles. The van der Waals surface area contributed by atoms with Crippen molar-refractivity contribution >= 4 is 5.91 Å². The van der Waals surface area contributed by atoms with Gasteiger partial charge in [-0.25, -0.2) is 0 Å². The molecule has 1 saturated heterocycles. The lowest BCUT2D eigenvalue weighted by Crippen LogP contribution is -2.49. The Labute approximate surface area is 130 Å². The van der Waals surface area contributed by atoms with Gasteiger partial charge in [0.25, 0.3) is 0 Å². The molecule has 2 N–H and O–H groups in total. The molecule has 1 amide bonds. The third kappa shape index (κ3) is 3.80. The summed E-state index contributed by atoms with van der Waals surface area (Å²) in [5.74, 6) is 1.09. The minimum atomic E-state index is -0.236. The van der Waals surface area contributed by atoms with Crippen molar-refractivity contribution in [3.63, 3.8) is 0 Å². The molecule has 0 aromatic heterocycles. The highest BCUT2D eigenvalue weighted by atomic mass is 16.2. The summed E-state index contributed by atoms with van der Waals surface area (Å²) in [7, 11) is 0. The summed E-state index contributed by atoms with van der Waals surface area (Å²) in [5, 5.41) is 0. The molecular formula is C18H34N2O. The third-order valence-electron chi connectivity index (χ3n) is 5.90. The van der Waals surface area contributed by atoms with E-state index in [2.05, 4.69) is 25.7 Å². The molecule has 2 aliphatic rings. The van der Waals surface area contributed by atoms with Gasteiger partial charge in [0.15, 0.2) is 0 Å². The summed E-state index contributed by atoms with van der Waals surface area (Å²) in [6.07, 6.45) is 9.15. The SMILES string of the molecule is CC(C)(C)C1CCCN(C(=O)C2(CN)CCCCC2)CC1. The largest absolute Gasteiger partial charge is 0.342 e. The summed E-state index contributed by atoms with van der Waals surface area (Å²) in [6, 6.07) is 0. The summed E-state index contributed by atoms with van der Waals surface area (Å²) in [4.78, 5) is 15.2. The van der Waals surface area contributed by atoms with E-state index in [0.29, 0.717) is 17.9 Å². The van der Waals surface area contributed by atoms with Crippen molar-refractivity contribution in [2.75, 3.05) is 19.6 Å². The second-order valence-corrected chi connectivity index (χ2v) is 8.33. The van der Waals surface area contributed by atoms with Crippen molar-refractivity contribution in [2.24, 2.45) is 22.5 Å². The first-order valence-corrected chi connectivity index (χ1v) is 8.88. The normalized spacial score (nSPS) is 27.2. The number of hydrogen-bond donors (Lipinski definition) is 1. The average molecular weight is 294 g/mol. The van der Waals surface area contributed by atoms with Crippen LogP contribution < -0.4 is 5.73 Å². The number of nitrogens with two attached hydrogens (primary N) is 1. The van der Waals surface area contributed by atoms with E-state index in [-0.39, 0.29) is 5.41 Å². The fourth-order valence-corrected chi connectivity index (χ4v) is 4.23. The van der Waals surface area contributed by atoms with E-state index in [4.69, 9.17) is 5.73 Å². The number of amides is 1. The van der Waals surface area contributed by atoms with Gasteiger partial charge in [0.2, 0.25) is 5.91 Å². The van der Waals surface area contributed by atoms with Crippen LogP contribution in [0.5, 0.6) is 0 Å². The minimum absolute atomic E-state index is 0.236. The number of nitrogens with zero attached hydrogens (tertiary/aromatic N) is 1. The fourth-order valence-electron chi connectivity index (χ4n) is 4.23. The Morgan fingerprint density at radius 1 is 1.10 bits per heavy atom. The number of carbonyl (C=O) groups excluding carboxylic acids is 1. The quantitative estimate of drug-likeness (QED) is 0.846. The van der Waals surface area contributed by atoms with E-state index in [9.17, 15) is 4.79 Å². The Balaban J connectivity index is 2.02. The van der Waals surface area contributed by atoms with Crippen LogP contribution in [-0.2, 0) is 4.79 Å². The molecule has 1 atom stereocenters. The summed E-state index contributed by atoms with van der Waals surface area (Å²) in [5.41, 5.74) is 6.15. The summed E-state index contributed by atoms with van der Waals surface area (Å²) >= 11 is 0. The second kappa shape index (κ2) is 6.68. The van der Waals surface area contributed by atoms with Crippen LogP contribution in [0.15, 0.2) is 0 Å². The molecule has 21 heavy (non-hydrogen) atoms. The van der Waals surface area contributed by atoms with E-state index >= 15 is 0 Å². The molecule has 1 aliphatic carbocycles. The molecule has 3 heteroatoms. The molecule has 2 fully saturated rings. The molecule has 1 heterocycles. The van der Waals surface area contributed by atoms with Crippen LogP contribution in [-0.4, -0.2) is 30.4 Å². The summed E-state index contributed by atoms with van der Waals surface area (Å²) in [6.45, 7) is 9.40. The zero-order valence-electron chi connectivity index (χ0n) is 14.3. The van der Waals surface area contributed by atoms with E-state index in [1.54, 1.807) is 0 Å². The molecule has 2 rings (SSSR count). The number of rotatable bonds is 2. The molecule has 1 unspecified atom stereocenters. The summed E-state index contributed by atoms with van der Waals surface area (Å²) < 4.78 is 0. The second-order valence-electron chi connectivity index (χ2n) is 8.33. The van der Waals surface area contributed by atoms with E-state index < -0.39 is 0 Å². The van der Waals surface area contributed by atoms with Gasteiger partial charge in [-0.1, -0.05) is 40.0 Å². The van der Waals surface area contributed by atoms with Crippen molar-refractivity contribution in [3.05, 3.63) is 0 Å². The smallest absolute Gasteiger partial charge is 0.230 e. The molecule has 1 aliphatic heterocycles. The number of carbonyl (C=O) groups is 1. The maximum atomic E-state index is 13.1. The Morgan fingerprint density at radius 2 is 1.76 bits per heavy atom. The third-order valence-corrected chi connectivity index (χ3v) is 5.90. The van der Waals surface area contributed by atoms with Crippen LogP contribution in [0.25, 0.3) is 0 Å². The topological polar surface area (TPSA) is 46.3 Å². The lowest BCUT2D eigenvalue weighted by atomic mass is 9.73. The van der Waals surface area contributed by atoms with Crippen molar-refractivity contribution in [2.45, 2.75) is 72.1 Å². The molecule has 3 nitrogen and oxygen atoms in total. The molecule has 0 radical (unpaired) electrons. The van der Waals surface area contributed by atoms with Crippen LogP contribution in [0.3, 0.4) is 0 Å². The van der Waals surface area contributed by atoms with Gasteiger partial charge in [-0.2, -0.15) is 0 Å². The van der Waals surface area contributed by atoms with E-state index in [1.807, 2.05) is 0 Å². The zero-order chi connectivity index (χ0) is 15.5. The maximum Gasteiger partial charge on any atom is 0.230 e. The fraction of sp³-hybridized carbons (Fsp3) is 0.944. The Morgan fingerprint density at radius 3 is 2.33 bits per heavy atom. The van der Waals surface area contributed by atoms with Gasteiger partial charge < -0.3 is 10.6 Å². The molecule has 0 bridgehead atoms. The van der Waals surface area contributed by atoms with Gasteiger partial charge in [0.05, 0.1) is 5.41 Å². The van der Waals surface area contributed by atoms with Crippen LogP contribution in [0, 0.1) is 16.7 Å². The maximum absolute atomic E-state index is 13.1. The monoisotopic (exact) mass is 294 g/mol. The Kier molecular flexibility index (Phi) is 5.34. The first kappa shape index (κ1) is 16.8.